The summed E-state index contributed by atoms with van der Waals surface area (Å²) in [5.74, 6) is -2.33. The number of hydrogen-bond donors (Lipinski definition) is 0. The predicted octanol–water partition coefficient (Wildman–Crippen LogP) is 6.34. The number of ketones is 1. The highest BCUT2D eigenvalue weighted by atomic mass is 32.2. The fraction of sp³-hybridized carbons (Fsp3) is 0.263. The van der Waals surface area contributed by atoms with E-state index in [9.17, 15) is 19.2 Å². The maximum atomic E-state index is 13.9. The van der Waals surface area contributed by atoms with Crippen molar-refractivity contribution < 1.29 is 42.9 Å². The molecule has 5 atom stereocenters. The third-order valence-corrected chi connectivity index (χ3v) is 8.59. The van der Waals surface area contributed by atoms with Crippen molar-refractivity contribution >= 4 is 35.5 Å². The molecule has 1 fully saturated rings. The van der Waals surface area contributed by atoms with Crippen LogP contribution in [0.3, 0.4) is 0 Å². The molecule has 0 aliphatic carbocycles. The molecule has 0 saturated carbocycles. The first-order valence-corrected chi connectivity index (χ1v) is 16.4. The molecule has 0 N–H and O–H groups in total. The van der Waals surface area contributed by atoms with Crippen LogP contribution in [0.15, 0.2) is 126 Å². The van der Waals surface area contributed by atoms with Gasteiger partial charge in [0.05, 0.1) is 18.6 Å². The molecule has 0 radical (unpaired) electrons. The average molecular weight is 669 g/mol. The zero-order valence-corrected chi connectivity index (χ0v) is 27.2. The summed E-state index contributed by atoms with van der Waals surface area (Å²) < 4.78 is 30.6. The van der Waals surface area contributed by atoms with Crippen molar-refractivity contribution in [3.05, 3.63) is 138 Å². The molecule has 4 aromatic carbocycles. The monoisotopic (exact) mass is 668 g/mol. The number of thioether (sulfide) groups is 1. The van der Waals surface area contributed by atoms with Gasteiger partial charge in [-0.1, -0.05) is 109 Å². The van der Waals surface area contributed by atoms with Crippen LogP contribution in [-0.2, 0) is 51.3 Å². The summed E-state index contributed by atoms with van der Waals surface area (Å²) in [5.41, 5.74) is 0.792. The Morgan fingerprint density at radius 1 is 0.646 bits per heavy atom. The lowest BCUT2D eigenvalue weighted by atomic mass is 9.98. The van der Waals surface area contributed by atoms with Crippen LogP contribution in [0.5, 0.6) is 0 Å². The number of carbonyl (C=O) groups excluding carboxylic acids is 4. The van der Waals surface area contributed by atoms with E-state index in [1.165, 1.54) is 18.7 Å². The molecule has 1 heterocycles. The lowest BCUT2D eigenvalue weighted by Gasteiger charge is -2.44. The molecule has 1 unspecified atom stereocenters. The van der Waals surface area contributed by atoms with Gasteiger partial charge >= 0.3 is 17.9 Å². The van der Waals surface area contributed by atoms with Crippen LogP contribution in [0.1, 0.15) is 41.3 Å². The summed E-state index contributed by atoms with van der Waals surface area (Å²) in [6.45, 7) is 1.37. The average Bonchev–Trinajstić information content (AvgIpc) is 3.12. The number of carbonyl (C=O) groups is 4. The van der Waals surface area contributed by atoms with Crippen molar-refractivity contribution in [2.75, 3.05) is 0 Å². The zero-order valence-electron chi connectivity index (χ0n) is 26.3. The van der Waals surface area contributed by atoms with Crippen LogP contribution in [0.2, 0.25) is 0 Å². The van der Waals surface area contributed by atoms with Gasteiger partial charge in [-0.05, 0) is 42.3 Å². The molecule has 248 valence electrons. The largest absolute Gasteiger partial charge is 0.459 e. The third-order valence-electron chi connectivity index (χ3n) is 7.43. The fourth-order valence-corrected chi connectivity index (χ4v) is 6.10. The summed E-state index contributed by atoms with van der Waals surface area (Å²) in [7, 11) is 0. The van der Waals surface area contributed by atoms with Gasteiger partial charge in [0, 0.05) is 11.3 Å². The Hall–Kier alpha value is -4.77. The number of hydrogen-bond acceptors (Lipinski definition) is 10. The molecule has 9 nitrogen and oxygen atoms in total. The van der Waals surface area contributed by atoms with Gasteiger partial charge in [-0.15, -0.1) is 0 Å². The van der Waals surface area contributed by atoms with Crippen LogP contribution in [0, 0.1) is 0 Å². The van der Waals surface area contributed by atoms with Crippen LogP contribution in [0.25, 0.3) is 0 Å². The minimum Gasteiger partial charge on any atom is -0.459 e. The molecule has 48 heavy (non-hydrogen) atoms. The molecule has 4 aromatic rings. The van der Waals surface area contributed by atoms with Gasteiger partial charge in [0.25, 0.3) is 0 Å². The first-order chi connectivity index (χ1) is 23.4. The topological polar surface area (TPSA) is 114 Å². The van der Waals surface area contributed by atoms with Crippen molar-refractivity contribution in [1.82, 2.24) is 0 Å². The first kappa shape index (κ1) is 34.6. The molecule has 0 aromatic heterocycles. The van der Waals surface area contributed by atoms with E-state index in [4.69, 9.17) is 23.7 Å². The quantitative estimate of drug-likeness (QED) is 0.111. The van der Waals surface area contributed by atoms with Gasteiger partial charge in [0.1, 0.15) is 23.9 Å². The van der Waals surface area contributed by atoms with E-state index in [1.807, 2.05) is 91.0 Å². The molecule has 10 heteroatoms. The van der Waals surface area contributed by atoms with Crippen molar-refractivity contribution in [3.8, 4) is 0 Å². The van der Waals surface area contributed by atoms with Crippen LogP contribution in [0.4, 0.5) is 0 Å². The van der Waals surface area contributed by atoms with E-state index in [2.05, 4.69) is 0 Å². The normalized spacial score (nSPS) is 20.3. The predicted molar refractivity (Wildman–Crippen MR) is 178 cm³/mol. The van der Waals surface area contributed by atoms with Gasteiger partial charge in [-0.3, -0.25) is 4.79 Å². The number of rotatable bonds is 14. The number of benzene rings is 4. The standard InChI is InChI=1S/C38H36O9S/c1-26(39)22-23-31(40)45-33-32(43-24-27-14-6-2-7-15-27)34(37(42)44-25-28-16-8-3-9-17-28)47-38(48-30-20-12-5-13-21-30)35(33)46-36(41)29-18-10-4-11-19-29/h2-21,32-35,38H,22-25H2,1H3/t32-,33-,34-,35+,38?/m0/s1. The lowest BCUT2D eigenvalue weighted by molar-refractivity contribution is -0.235. The summed E-state index contributed by atoms with van der Waals surface area (Å²) >= 11 is 1.20. The molecular formula is C38H36O9S. The van der Waals surface area contributed by atoms with E-state index < -0.39 is 47.8 Å². The van der Waals surface area contributed by atoms with E-state index in [1.54, 1.807) is 30.3 Å². The minimum absolute atomic E-state index is 0.0225. The Bertz CT molecular complexity index is 1630. The van der Waals surface area contributed by atoms with Crippen LogP contribution < -0.4 is 0 Å². The second-order valence-electron chi connectivity index (χ2n) is 11.1. The molecule has 0 amide bonds. The molecule has 1 aliphatic heterocycles. The SMILES string of the molecule is CC(=O)CCC(=O)O[C@H]1[C@H](OCc2ccccc2)[C@@H](C(=O)OCc2ccccc2)OC(Sc2ccccc2)[C@@H]1OC(=O)c1ccccc1. The molecule has 1 saturated heterocycles. The van der Waals surface area contributed by atoms with Gasteiger partial charge in [0.2, 0.25) is 0 Å². The Balaban J connectivity index is 1.53. The fourth-order valence-electron chi connectivity index (χ4n) is 5.00. The van der Waals surface area contributed by atoms with Crippen molar-refractivity contribution in [1.29, 1.82) is 0 Å². The van der Waals surface area contributed by atoms with Crippen molar-refractivity contribution in [3.63, 3.8) is 0 Å². The molecule has 0 bridgehead atoms. The molecule has 5 rings (SSSR count). The van der Waals surface area contributed by atoms with Crippen LogP contribution in [-0.4, -0.2) is 53.5 Å². The zero-order chi connectivity index (χ0) is 33.7. The van der Waals surface area contributed by atoms with Gasteiger partial charge in [-0.2, -0.15) is 0 Å². The smallest absolute Gasteiger partial charge is 0.338 e. The van der Waals surface area contributed by atoms with Crippen molar-refractivity contribution in [2.24, 2.45) is 0 Å². The second kappa shape index (κ2) is 17.4. The van der Waals surface area contributed by atoms with E-state index in [0.717, 1.165) is 16.0 Å². The first-order valence-electron chi connectivity index (χ1n) is 15.6. The maximum Gasteiger partial charge on any atom is 0.338 e. The number of Topliss-reactive ketones (excluding diaryl/α,β-unsaturated/α-hetero) is 1. The van der Waals surface area contributed by atoms with E-state index in [0.29, 0.717) is 0 Å². The van der Waals surface area contributed by atoms with Crippen molar-refractivity contribution in [2.45, 2.75) is 67.7 Å². The maximum absolute atomic E-state index is 13.9. The summed E-state index contributed by atoms with van der Waals surface area (Å²) in [5, 5.41) is 0. The third kappa shape index (κ3) is 9.87. The highest BCUT2D eigenvalue weighted by Crippen LogP contribution is 2.38. The lowest BCUT2D eigenvalue weighted by Crippen LogP contribution is -2.62. The summed E-state index contributed by atoms with van der Waals surface area (Å²) in [6, 6.07) is 36.0. The minimum atomic E-state index is -1.38. The second-order valence-corrected chi connectivity index (χ2v) is 12.3. The number of ether oxygens (including phenoxy) is 5. The highest BCUT2D eigenvalue weighted by Gasteiger charge is 2.54. The Kier molecular flexibility index (Phi) is 12.5. The van der Waals surface area contributed by atoms with Gasteiger partial charge in [0.15, 0.2) is 18.3 Å². The summed E-state index contributed by atoms with van der Waals surface area (Å²) in [4.78, 5) is 53.1. The van der Waals surface area contributed by atoms with Gasteiger partial charge in [-0.25, -0.2) is 9.59 Å². The Morgan fingerprint density at radius 3 is 1.81 bits per heavy atom. The Morgan fingerprint density at radius 2 is 1.21 bits per heavy atom. The summed E-state index contributed by atoms with van der Waals surface area (Å²) in [6.07, 6.45) is -5.44. The van der Waals surface area contributed by atoms with Gasteiger partial charge < -0.3 is 28.5 Å². The highest BCUT2D eigenvalue weighted by molar-refractivity contribution is 7.99. The van der Waals surface area contributed by atoms with E-state index >= 15 is 0 Å². The Labute approximate surface area is 283 Å². The molecule has 1 aliphatic rings. The van der Waals surface area contributed by atoms with E-state index in [-0.39, 0.29) is 37.4 Å². The van der Waals surface area contributed by atoms with Crippen LogP contribution >= 0.6 is 11.8 Å². The molecular weight excluding hydrogens is 632 g/mol. The molecule has 0 spiro atoms. The number of esters is 3.